The van der Waals surface area contributed by atoms with Crippen LogP contribution in [0.15, 0.2) is 23.1 Å². The van der Waals surface area contributed by atoms with Crippen LogP contribution in [-0.4, -0.2) is 38.9 Å². The van der Waals surface area contributed by atoms with Crippen LogP contribution in [0.4, 0.5) is 0 Å². The number of rotatable bonds is 4. The first-order valence-electron chi connectivity index (χ1n) is 6.68. The van der Waals surface area contributed by atoms with Gasteiger partial charge in [-0.1, -0.05) is 0 Å². The minimum absolute atomic E-state index is 0.0148. The Morgan fingerprint density at radius 3 is 2.85 bits per heavy atom. The zero-order valence-electron chi connectivity index (χ0n) is 11.8. The average molecular weight is 293 g/mol. The number of hydrogen-bond donors (Lipinski definition) is 1. The molecule has 1 unspecified atom stereocenters. The first-order valence-corrected chi connectivity index (χ1v) is 8.12. The minimum Gasteiger partial charge on any atom is -0.318 e. The van der Waals surface area contributed by atoms with E-state index in [2.05, 4.69) is 11.4 Å². The monoisotopic (exact) mass is 293 g/mol. The molecule has 1 heterocycles. The quantitative estimate of drug-likeness (QED) is 0.906. The third-order valence-corrected chi connectivity index (χ3v) is 5.64. The molecule has 0 radical (unpaired) electrons. The van der Waals surface area contributed by atoms with Crippen LogP contribution in [0, 0.1) is 18.3 Å². The number of sulfonamides is 1. The first-order chi connectivity index (χ1) is 9.50. The van der Waals surface area contributed by atoms with Crippen LogP contribution in [0.25, 0.3) is 0 Å². The summed E-state index contributed by atoms with van der Waals surface area (Å²) in [6.45, 7) is 2.98. The van der Waals surface area contributed by atoms with Crippen molar-refractivity contribution in [2.75, 3.05) is 20.1 Å². The molecule has 0 aromatic heterocycles. The molecular weight excluding hydrogens is 274 g/mol. The zero-order valence-corrected chi connectivity index (χ0v) is 12.6. The Hall–Kier alpha value is -1.42. The van der Waals surface area contributed by atoms with Gasteiger partial charge < -0.3 is 5.32 Å². The van der Waals surface area contributed by atoms with E-state index in [1.54, 1.807) is 23.4 Å². The van der Waals surface area contributed by atoms with E-state index in [1.807, 2.05) is 7.05 Å². The molecule has 6 heteroatoms. The predicted octanol–water partition coefficient (Wildman–Crippen LogP) is 1.24. The van der Waals surface area contributed by atoms with Crippen molar-refractivity contribution >= 4 is 10.0 Å². The fourth-order valence-corrected chi connectivity index (χ4v) is 4.40. The van der Waals surface area contributed by atoms with Gasteiger partial charge in [0.2, 0.25) is 10.0 Å². The molecule has 1 aliphatic heterocycles. The molecule has 1 aromatic carbocycles. The second kappa shape index (κ2) is 5.92. The van der Waals surface area contributed by atoms with Gasteiger partial charge in [0.1, 0.15) is 0 Å². The summed E-state index contributed by atoms with van der Waals surface area (Å²) < 4.78 is 26.9. The summed E-state index contributed by atoms with van der Waals surface area (Å²) in [5, 5.41) is 12.0. The van der Waals surface area contributed by atoms with Gasteiger partial charge in [-0.15, -0.1) is 0 Å². The molecule has 20 heavy (non-hydrogen) atoms. The van der Waals surface area contributed by atoms with Crippen molar-refractivity contribution in [2.24, 2.45) is 0 Å². The molecular formula is C14H19N3O2S. The van der Waals surface area contributed by atoms with Crippen molar-refractivity contribution in [2.45, 2.75) is 30.7 Å². The predicted molar refractivity (Wildman–Crippen MR) is 76.7 cm³/mol. The van der Waals surface area contributed by atoms with Crippen molar-refractivity contribution in [3.63, 3.8) is 0 Å². The highest BCUT2D eigenvalue weighted by Gasteiger charge is 2.34. The molecule has 0 amide bonds. The third-order valence-electron chi connectivity index (χ3n) is 3.69. The van der Waals surface area contributed by atoms with Gasteiger partial charge in [0, 0.05) is 19.1 Å². The van der Waals surface area contributed by atoms with E-state index in [1.165, 1.54) is 6.07 Å². The number of nitrogens with zero attached hydrogens (tertiary/aromatic N) is 2. The lowest BCUT2D eigenvalue weighted by molar-refractivity contribution is 0.379. The molecule has 5 nitrogen and oxygen atoms in total. The summed E-state index contributed by atoms with van der Waals surface area (Å²) in [5.74, 6) is 0. The molecule has 1 fully saturated rings. The molecule has 0 saturated carbocycles. The fraction of sp³-hybridized carbons (Fsp3) is 0.500. The fourth-order valence-electron chi connectivity index (χ4n) is 2.62. The van der Waals surface area contributed by atoms with Gasteiger partial charge in [-0.25, -0.2) is 8.42 Å². The molecule has 1 aromatic rings. The number of benzene rings is 1. The Kier molecular flexibility index (Phi) is 4.43. The van der Waals surface area contributed by atoms with E-state index >= 15 is 0 Å². The number of nitriles is 1. The molecule has 1 aliphatic rings. The Balaban J connectivity index is 2.35. The van der Waals surface area contributed by atoms with E-state index in [9.17, 15) is 8.42 Å². The van der Waals surface area contributed by atoms with E-state index in [0.29, 0.717) is 24.2 Å². The summed E-state index contributed by atoms with van der Waals surface area (Å²) in [6, 6.07) is 6.75. The Labute approximate surface area is 120 Å². The van der Waals surface area contributed by atoms with E-state index in [-0.39, 0.29) is 10.9 Å². The van der Waals surface area contributed by atoms with Crippen LogP contribution in [0.5, 0.6) is 0 Å². The van der Waals surface area contributed by atoms with Crippen molar-refractivity contribution in [1.29, 1.82) is 5.26 Å². The lowest BCUT2D eigenvalue weighted by Crippen LogP contribution is -2.40. The summed E-state index contributed by atoms with van der Waals surface area (Å²) in [7, 11) is -1.65. The normalized spacial score (nSPS) is 19.9. The van der Waals surface area contributed by atoms with Gasteiger partial charge in [0.15, 0.2) is 0 Å². The Morgan fingerprint density at radius 1 is 1.50 bits per heavy atom. The molecule has 1 N–H and O–H groups in total. The highest BCUT2D eigenvalue weighted by molar-refractivity contribution is 7.89. The van der Waals surface area contributed by atoms with Crippen LogP contribution >= 0.6 is 0 Å². The van der Waals surface area contributed by atoms with Crippen LogP contribution in [0.2, 0.25) is 0 Å². The van der Waals surface area contributed by atoms with Gasteiger partial charge in [-0.3, -0.25) is 0 Å². The Bertz CT molecular complexity index is 634. The molecule has 2 rings (SSSR count). The topological polar surface area (TPSA) is 73.2 Å². The number of nitrogens with one attached hydrogen (secondary N) is 1. The van der Waals surface area contributed by atoms with E-state index < -0.39 is 10.0 Å². The van der Waals surface area contributed by atoms with Gasteiger partial charge in [0.05, 0.1) is 16.5 Å². The van der Waals surface area contributed by atoms with Crippen molar-refractivity contribution in [1.82, 2.24) is 9.62 Å². The van der Waals surface area contributed by atoms with Gasteiger partial charge in [0.25, 0.3) is 0 Å². The molecule has 1 atom stereocenters. The highest BCUT2D eigenvalue weighted by atomic mass is 32.2. The Morgan fingerprint density at radius 2 is 2.25 bits per heavy atom. The SMILES string of the molecule is CNCC1CCCN1S(=O)(=O)c1ccc(C#N)c(C)c1. The van der Waals surface area contributed by atoms with Crippen molar-refractivity contribution in [3.05, 3.63) is 29.3 Å². The second-order valence-corrected chi connectivity index (χ2v) is 6.95. The van der Waals surface area contributed by atoms with Crippen molar-refractivity contribution in [3.8, 4) is 6.07 Å². The van der Waals surface area contributed by atoms with Gasteiger partial charge >= 0.3 is 0 Å². The van der Waals surface area contributed by atoms with Gasteiger partial charge in [-0.05, 0) is 50.6 Å². The number of likely N-dealkylation sites (N-methyl/N-ethyl adjacent to an activating group) is 1. The minimum atomic E-state index is -3.47. The average Bonchev–Trinajstić information content (AvgIpc) is 2.88. The number of hydrogen-bond acceptors (Lipinski definition) is 4. The molecule has 0 bridgehead atoms. The van der Waals surface area contributed by atoms with Gasteiger partial charge in [-0.2, -0.15) is 9.57 Å². The summed E-state index contributed by atoms with van der Waals surface area (Å²) >= 11 is 0. The third kappa shape index (κ3) is 2.70. The largest absolute Gasteiger partial charge is 0.318 e. The zero-order chi connectivity index (χ0) is 14.8. The maximum absolute atomic E-state index is 12.7. The molecule has 108 valence electrons. The van der Waals surface area contributed by atoms with Crippen LogP contribution in [-0.2, 0) is 10.0 Å². The van der Waals surface area contributed by atoms with Crippen LogP contribution in [0.1, 0.15) is 24.0 Å². The smallest absolute Gasteiger partial charge is 0.243 e. The lowest BCUT2D eigenvalue weighted by atomic mass is 10.1. The number of aryl methyl sites for hydroxylation is 1. The second-order valence-electron chi connectivity index (χ2n) is 5.06. The summed E-state index contributed by atoms with van der Waals surface area (Å²) in [5.41, 5.74) is 1.20. The maximum Gasteiger partial charge on any atom is 0.243 e. The molecule has 1 saturated heterocycles. The lowest BCUT2D eigenvalue weighted by Gasteiger charge is -2.24. The van der Waals surface area contributed by atoms with E-state index in [0.717, 1.165) is 12.8 Å². The maximum atomic E-state index is 12.7. The molecule has 0 spiro atoms. The highest BCUT2D eigenvalue weighted by Crippen LogP contribution is 2.26. The first kappa shape index (κ1) is 15.0. The summed E-state index contributed by atoms with van der Waals surface area (Å²) in [4.78, 5) is 0.275. The standard InChI is InChI=1S/C14H19N3O2S/c1-11-8-14(6-5-12(11)9-15)20(18,19)17-7-3-4-13(17)10-16-2/h5-6,8,13,16H,3-4,7,10H2,1-2H3. The van der Waals surface area contributed by atoms with Crippen LogP contribution < -0.4 is 5.32 Å². The van der Waals surface area contributed by atoms with E-state index in [4.69, 9.17) is 5.26 Å². The van der Waals surface area contributed by atoms with Crippen LogP contribution in [0.3, 0.4) is 0 Å². The summed E-state index contributed by atoms with van der Waals surface area (Å²) in [6.07, 6.45) is 1.77. The molecule has 0 aliphatic carbocycles. The van der Waals surface area contributed by atoms with Crippen molar-refractivity contribution < 1.29 is 8.42 Å².